The van der Waals surface area contributed by atoms with Crippen LogP contribution in [0, 0.1) is 23.0 Å². The molecule has 1 aromatic carbocycles. The van der Waals surface area contributed by atoms with E-state index >= 15 is 8.78 Å². The molecule has 0 spiro atoms. The average Bonchev–Trinajstić information content (AvgIpc) is 3.39. The highest BCUT2D eigenvalue weighted by atomic mass is 28.3. The van der Waals surface area contributed by atoms with Crippen molar-refractivity contribution in [2.24, 2.45) is 11.3 Å². The maximum Gasteiger partial charge on any atom is 0.241 e. The number of benzene rings is 1. The number of fused-ring (bicyclic) bond motifs is 3. The molecule has 1 saturated heterocycles. The summed E-state index contributed by atoms with van der Waals surface area (Å²) in [6.07, 6.45) is 2.90. The van der Waals surface area contributed by atoms with E-state index in [1.807, 2.05) is 9.58 Å². The molecule has 3 aromatic rings. The largest absolute Gasteiger partial charge is 0.379 e. The first-order valence-electron chi connectivity index (χ1n) is 17.8. The molecule has 49 heavy (non-hydrogen) atoms. The second-order valence-electron chi connectivity index (χ2n) is 17.0. The van der Waals surface area contributed by atoms with Crippen LogP contribution in [0.15, 0.2) is 6.07 Å². The molecular weight excluding hydrogens is 663 g/mol. The minimum atomic E-state index is -1.39. The first-order valence-corrected chi connectivity index (χ1v) is 25.2. The predicted molar refractivity (Wildman–Crippen MR) is 193 cm³/mol. The van der Waals surface area contributed by atoms with Crippen LogP contribution >= 0.6 is 0 Å². The van der Waals surface area contributed by atoms with E-state index in [0.29, 0.717) is 63.7 Å². The van der Waals surface area contributed by atoms with Crippen LogP contribution in [0.4, 0.5) is 14.5 Å². The van der Waals surface area contributed by atoms with Crippen molar-refractivity contribution >= 4 is 38.8 Å². The summed E-state index contributed by atoms with van der Waals surface area (Å²) < 4.78 is 53.4. The molecule has 270 valence electrons. The fraction of sp³-hybridized carbons (Fsp3) is 0.686. The van der Waals surface area contributed by atoms with Crippen LogP contribution in [-0.4, -0.2) is 91.8 Å². The minimum absolute atomic E-state index is 0.00138. The number of amides is 1. The number of rotatable bonds is 14. The van der Waals surface area contributed by atoms with Gasteiger partial charge >= 0.3 is 0 Å². The summed E-state index contributed by atoms with van der Waals surface area (Å²) in [4.78, 5) is 20.1. The second-order valence-corrected chi connectivity index (χ2v) is 28.2. The highest BCUT2D eigenvalue weighted by Crippen LogP contribution is 2.60. The molecule has 3 atom stereocenters. The normalized spacial score (nSPS) is 21.9. The van der Waals surface area contributed by atoms with Crippen LogP contribution in [0.25, 0.3) is 22.6 Å². The Labute approximate surface area is 290 Å². The summed E-state index contributed by atoms with van der Waals surface area (Å²) in [5, 5.41) is 7.71. The molecule has 1 aliphatic heterocycles. The monoisotopic (exact) mass is 716 g/mol. The molecule has 2 fully saturated rings. The molecule has 6 rings (SSSR count). The summed E-state index contributed by atoms with van der Waals surface area (Å²) >= 11 is 0. The molecule has 3 aliphatic rings. The molecule has 1 unspecified atom stereocenters. The van der Waals surface area contributed by atoms with Crippen LogP contribution < -0.4 is 5.32 Å². The van der Waals surface area contributed by atoms with Crippen molar-refractivity contribution in [1.29, 1.82) is 0 Å². The topological polar surface area (TPSA) is 95.7 Å². The number of imidazole rings is 1. The van der Waals surface area contributed by atoms with E-state index in [-0.39, 0.29) is 28.9 Å². The third-order valence-electron chi connectivity index (χ3n) is 10.5. The van der Waals surface area contributed by atoms with Crippen molar-refractivity contribution in [2.75, 3.05) is 44.8 Å². The van der Waals surface area contributed by atoms with E-state index < -0.39 is 39.7 Å². The Bertz CT molecular complexity index is 1690. The van der Waals surface area contributed by atoms with E-state index in [4.69, 9.17) is 24.3 Å². The number of anilines is 1. The van der Waals surface area contributed by atoms with Crippen molar-refractivity contribution in [3.63, 3.8) is 0 Å². The first kappa shape index (κ1) is 36.3. The van der Waals surface area contributed by atoms with Gasteiger partial charge in [-0.1, -0.05) is 46.2 Å². The molecule has 1 saturated carbocycles. The van der Waals surface area contributed by atoms with E-state index in [0.717, 1.165) is 42.6 Å². The highest BCUT2D eigenvalue weighted by Gasteiger charge is 2.54. The zero-order chi connectivity index (χ0) is 35.3. The molecule has 2 aliphatic carbocycles. The van der Waals surface area contributed by atoms with E-state index in [9.17, 15) is 4.79 Å². The Balaban J connectivity index is 1.37. The van der Waals surface area contributed by atoms with E-state index in [1.165, 1.54) is 6.07 Å². The minimum Gasteiger partial charge on any atom is -0.379 e. The first-order chi connectivity index (χ1) is 23.0. The number of hydrogen-bond donors (Lipinski definition) is 1. The molecule has 3 heterocycles. The predicted octanol–water partition coefficient (Wildman–Crippen LogP) is 6.59. The number of nitrogens with one attached hydrogen (secondary N) is 1. The zero-order valence-electron chi connectivity index (χ0n) is 30.5. The van der Waals surface area contributed by atoms with Crippen LogP contribution in [0.5, 0.6) is 0 Å². The third kappa shape index (κ3) is 8.04. The van der Waals surface area contributed by atoms with Gasteiger partial charge in [-0.2, -0.15) is 5.10 Å². The summed E-state index contributed by atoms with van der Waals surface area (Å²) in [5.74, 6) is -1.62. The maximum absolute atomic E-state index is 16.2. The van der Waals surface area contributed by atoms with E-state index in [1.54, 1.807) is 11.5 Å². The Kier molecular flexibility index (Phi) is 10.3. The lowest BCUT2D eigenvalue weighted by molar-refractivity contribution is -0.122. The van der Waals surface area contributed by atoms with Gasteiger partial charge in [0.05, 0.1) is 30.5 Å². The van der Waals surface area contributed by atoms with Gasteiger partial charge in [0.2, 0.25) is 5.91 Å². The zero-order valence-corrected chi connectivity index (χ0v) is 32.5. The standard InChI is InChI=1S/C35H54F2N6O4Si2/c1-23(41-9-11-45-12-10-41)34(44)39-26-18-27-32(30(37)29(26)36)42(21-46-13-15-48(3,4)5)33(38-27)31-25-17-24-19-35(24,2)20-28(25)43(40-31)22-47-14-16-49(6,7)8/h18,23-24H,9-17,19-22H2,1-8H3,(H,39,44)/t23?,24-,35-/m1/s1. The summed E-state index contributed by atoms with van der Waals surface area (Å²) in [6, 6.07) is 2.89. The SMILES string of the molecule is CC(C(=O)Nc1cc2nc(-c3nn(COCC[Si](C)(C)C)c4c3C[C@@H]3C[C@]3(C)C4)n(COCC[Si](C)(C)C)c2c(F)c1F)N1CCOCC1. The summed E-state index contributed by atoms with van der Waals surface area (Å²) in [6.45, 7) is 21.7. The third-order valence-corrected chi connectivity index (χ3v) is 13.9. The average molecular weight is 717 g/mol. The number of aromatic nitrogens is 4. The van der Waals surface area contributed by atoms with Gasteiger partial charge in [-0.15, -0.1) is 0 Å². The fourth-order valence-electron chi connectivity index (χ4n) is 6.95. The molecular formula is C35H54F2N6O4Si2. The van der Waals surface area contributed by atoms with Crippen LogP contribution in [0.2, 0.25) is 51.4 Å². The highest BCUT2D eigenvalue weighted by molar-refractivity contribution is 6.76. The van der Waals surface area contributed by atoms with Gasteiger partial charge in [-0.05, 0) is 55.7 Å². The molecule has 14 heteroatoms. The van der Waals surface area contributed by atoms with Gasteiger partial charge in [0, 0.05) is 53.7 Å². The van der Waals surface area contributed by atoms with Gasteiger partial charge in [0.25, 0.3) is 0 Å². The van der Waals surface area contributed by atoms with Crippen molar-refractivity contribution in [2.45, 2.75) is 104 Å². The number of ether oxygens (including phenoxy) is 3. The second kappa shape index (κ2) is 13.9. The van der Waals surface area contributed by atoms with Crippen molar-refractivity contribution in [3.05, 3.63) is 29.0 Å². The molecule has 0 radical (unpaired) electrons. The lowest BCUT2D eigenvalue weighted by Crippen LogP contribution is -2.47. The molecule has 1 amide bonds. The summed E-state index contributed by atoms with van der Waals surface area (Å²) in [7, 11) is -2.65. The Morgan fingerprint density at radius 2 is 1.71 bits per heavy atom. The Morgan fingerprint density at radius 3 is 2.37 bits per heavy atom. The molecule has 10 nitrogen and oxygen atoms in total. The maximum atomic E-state index is 16.2. The Hall–Kier alpha value is -2.50. The van der Waals surface area contributed by atoms with Crippen LogP contribution in [0.3, 0.4) is 0 Å². The fourth-order valence-corrected chi connectivity index (χ4v) is 8.47. The molecule has 2 aromatic heterocycles. The van der Waals surface area contributed by atoms with Crippen LogP contribution in [0.1, 0.15) is 31.5 Å². The van der Waals surface area contributed by atoms with Crippen molar-refractivity contribution < 1.29 is 27.8 Å². The number of morpholine rings is 1. The number of nitrogens with zero attached hydrogens (tertiary/aromatic N) is 5. The molecule has 1 N–H and O–H groups in total. The summed E-state index contributed by atoms with van der Waals surface area (Å²) in [5.41, 5.74) is 3.15. The Morgan fingerprint density at radius 1 is 1.06 bits per heavy atom. The number of carbonyl (C=O) groups is 1. The van der Waals surface area contributed by atoms with Gasteiger partial charge < -0.3 is 19.5 Å². The van der Waals surface area contributed by atoms with Crippen LogP contribution in [-0.2, 0) is 45.3 Å². The number of hydrogen-bond acceptors (Lipinski definition) is 7. The van der Waals surface area contributed by atoms with Gasteiger partial charge in [0.15, 0.2) is 17.5 Å². The lowest BCUT2D eigenvalue weighted by Gasteiger charge is -2.31. The van der Waals surface area contributed by atoms with E-state index in [2.05, 4.69) is 51.5 Å². The number of halogens is 2. The lowest BCUT2D eigenvalue weighted by atomic mass is 9.87. The van der Waals surface area contributed by atoms with Gasteiger partial charge in [0.1, 0.15) is 24.7 Å². The number of carbonyl (C=O) groups excluding carboxylic acids is 1. The van der Waals surface area contributed by atoms with Crippen molar-refractivity contribution in [3.8, 4) is 11.5 Å². The quantitative estimate of drug-likeness (QED) is 0.149. The van der Waals surface area contributed by atoms with Gasteiger partial charge in [-0.3, -0.25) is 14.3 Å². The molecule has 0 bridgehead atoms. The van der Waals surface area contributed by atoms with Gasteiger partial charge in [-0.25, -0.2) is 18.4 Å². The smallest absolute Gasteiger partial charge is 0.241 e. The van der Waals surface area contributed by atoms with Crippen molar-refractivity contribution in [1.82, 2.24) is 24.2 Å².